The number of nitrogens with zero attached hydrogens (tertiary/aromatic N) is 1. The Morgan fingerprint density at radius 3 is 2.64 bits per heavy atom. The van der Waals surface area contributed by atoms with Crippen molar-refractivity contribution in [2.45, 2.75) is 20.4 Å². The van der Waals surface area contributed by atoms with Crippen molar-refractivity contribution in [1.29, 1.82) is 0 Å². The van der Waals surface area contributed by atoms with Crippen molar-refractivity contribution >= 4 is 17.1 Å². The van der Waals surface area contributed by atoms with Crippen LogP contribution < -0.4 is 5.73 Å². The van der Waals surface area contributed by atoms with Crippen LogP contribution in [0.1, 0.15) is 27.3 Å². The van der Waals surface area contributed by atoms with Gasteiger partial charge in [0.05, 0.1) is 5.69 Å². The lowest BCUT2D eigenvalue weighted by molar-refractivity contribution is 0.101. The molecule has 0 aliphatic carbocycles. The number of rotatable bonds is 2. The maximum absolute atomic E-state index is 10.8. The lowest BCUT2D eigenvalue weighted by atomic mass is 10.4. The Hall–Kier alpha value is -0.740. The average molecular weight is 170 g/mol. The monoisotopic (exact) mass is 170 g/mol. The van der Waals surface area contributed by atoms with E-state index in [1.54, 1.807) is 0 Å². The van der Waals surface area contributed by atoms with Gasteiger partial charge in [0.2, 0.25) is 0 Å². The standard InChI is InChI=1S/C7H10N2OS/c1-4-6(3-8)11-7(9-4)5(2)10/h3,8H2,1-2H3. The number of aromatic nitrogens is 1. The highest BCUT2D eigenvalue weighted by atomic mass is 32.1. The molecule has 4 heteroatoms. The molecule has 1 aromatic heterocycles. The molecular formula is C7H10N2OS. The first-order chi connectivity index (χ1) is 5.15. The van der Waals surface area contributed by atoms with Gasteiger partial charge in [-0.2, -0.15) is 0 Å². The maximum Gasteiger partial charge on any atom is 0.188 e. The number of ketones is 1. The second kappa shape index (κ2) is 3.11. The highest BCUT2D eigenvalue weighted by Gasteiger charge is 2.08. The number of carbonyl (C=O) groups is 1. The van der Waals surface area contributed by atoms with Crippen LogP contribution in [0.2, 0.25) is 0 Å². The Labute approximate surface area is 69.3 Å². The number of hydrogen-bond donors (Lipinski definition) is 1. The minimum Gasteiger partial charge on any atom is -0.326 e. The van der Waals surface area contributed by atoms with E-state index in [-0.39, 0.29) is 5.78 Å². The smallest absolute Gasteiger partial charge is 0.188 e. The predicted molar refractivity (Wildman–Crippen MR) is 44.7 cm³/mol. The van der Waals surface area contributed by atoms with Gasteiger partial charge < -0.3 is 5.73 Å². The molecule has 0 radical (unpaired) electrons. The van der Waals surface area contributed by atoms with Crippen LogP contribution >= 0.6 is 11.3 Å². The van der Waals surface area contributed by atoms with Gasteiger partial charge in [-0.15, -0.1) is 11.3 Å². The van der Waals surface area contributed by atoms with Crippen LogP contribution in [-0.2, 0) is 6.54 Å². The highest BCUT2D eigenvalue weighted by molar-refractivity contribution is 7.13. The molecule has 0 amide bonds. The predicted octanol–water partition coefficient (Wildman–Crippen LogP) is 1.11. The summed E-state index contributed by atoms with van der Waals surface area (Å²) in [6, 6.07) is 0. The van der Waals surface area contributed by atoms with E-state index in [9.17, 15) is 4.79 Å². The number of nitrogens with two attached hydrogens (primary N) is 1. The molecule has 1 heterocycles. The summed E-state index contributed by atoms with van der Waals surface area (Å²) in [5, 5.41) is 0.558. The Kier molecular flexibility index (Phi) is 2.36. The molecule has 0 fully saturated rings. The fourth-order valence-corrected chi connectivity index (χ4v) is 1.60. The molecule has 0 spiro atoms. The Balaban J connectivity index is 3.05. The summed E-state index contributed by atoms with van der Waals surface area (Å²) in [4.78, 5) is 15.9. The molecule has 0 aromatic carbocycles. The van der Waals surface area contributed by atoms with Gasteiger partial charge >= 0.3 is 0 Å². The SMILES string of the molecule is CC(=O)c1nc(C)c(CN)s1. The average Bonchev–Trinajstić information content (AvgIpc) is 2.31. The van der Waals surface area contributed by atoms with E-state index in [0.717, 1.165) is 10.6 Å². The second-order valence-corrected chi connectivity index (χ2v) is 3.37. The number of Topliss-reactive ketones (excluding diaryl/α,β-unsaturated/α-hetero) is 1. The third kappa shape index (κ3) is 1.64. The molecule has 0 aliphatic heterocycles. The van der Waals surface area contributed by atoms with Gasteiger partial charge in [-0.25, -0.2) is 4.98 Å². The van der Waals surface area contributed by atoms with Crippen LogP contribution in [0.15, 0.2) is 0 Å². The summed E-state index contributed by atoms with van der Waals surface area (Å²) in [7, 11) is 0. The summed E-state index contributed by atoms with van der Waals surface area (Å²) in [5.41, 5.74) is 6.30. The van der Waals surface area contributed by atoms with Gasteiger partial charge in [0, 0.05) is 18.3 Å². The molecule has 3 nitrogen and oxygen atoms in total. The molecule has 0 saturated carbocycles. The van der Waals surface area contributed by atoms with Gasteiger partial charge in [-0.1, -0.05) is 0 Å². The molecule has 0 bridgehead atoms. The molecule has 1 aromatic rings. The maximum atomic E-state index is 10.8. The van der Waals surface area contributed by atoms with Gasteiger partial charge in [-0.3, -0.25) is 4.79 Å². The minimum atomic E-state index is 0.0119. The zero-order valence-corrected chi connectivity index (χ0v) is 7.36. The number of aryl methyl sites for hydroxylation is 1. The van der Waals surface area contributed by atoms with E-state index in [4.69, 9.17) is 5.73 Å². The molecule has 2 N–H and O–H groups in total. The van der Waals surface area contributed by atoms with Crippen molar-refractivity contribution in [2.24, 2.45) is 5.73 Å². The van der Waals surface area contributed by atoms with Crippen LogP contribution in [0.4, 0.5) is 0 Å². The zero-order chi connectivity index (χ0) is 8.43. The first-order valence-corrected chi connectivity index (χ1v) is 4.14. The number of carbonyl (C=O) groups excluding carboxylic acids is 1. The molecule has 0 saturated heterocycles. The van der Waals surface area contributed by atoms with Crippen LogP contribution in [0, 0.1) is 6.92 Å². The number of hydrogen-bond acceptors (Lipinski definition) is 4. The number of thiazole rings is 1. The van der Waals surface area contributed by atoms with E-state index in [0.29, 0.717) is 11.6 Å². The summed E-state index contributed by atoms with van der Waals surface area (Å²) in [6.07, 6.45) is 0. The Morgan fingerprint density at radius 2 is 2.36 bits per heavy atom. The molecule has 0 atom stereocenters. The van der Waals surface area contributed by atoms with Crippen molar-refractivity contribution in [3.05, 3.63) is 15.6 Å². The molecular weight excluding hydrogens is 160 g/mol. The van der Waals surface area contributed by atoms with Crippen LogP contribution in [0.5, 0.6) is 0 Å². The van der Waals surface area contributed by atoms with E-state index in [1.807, 2.05) is 6.92 Å². The zero-order valence-electron chi connectivity index (χ0n) is 6.55. The summed E-state index contributed by atoms with van der Waals surface area (Å²) < 4.78 is 0. The quantitative estimate of drug-likeness (QED) is 0.676. The third-order valence-corrected chi connectivity index (χ3v) is 2.66. The van der Waals surface area contributed by atoms with Crippen molar-refractivity contribution < 1.29 is 4.79 Å². The fourth-order valence-electron chi connectivity index (χ4n) is 0.768. The molecule has 0 aliphatic rings. The van der Waals surface area contributed by atoms with E-state index in [2.05, 4.69) is 4.98 Å². The Bertz CT molecular complexity index is 280. The van der Waals surface area contributed by atoms with Crippen molar-refractivity contribution in [3.8, 4) is 0 Å². The van der Waals surface area contributed by atoms with Crippen molar-refractivity contribution in [2.75, 3.05) is 0 Å². The van der Waals surface area contributed by atoms with Gasteiger partial charge in [0.25, 0.3) is 0 Å². The van der Waals surface area contributed by atoms with Gasteiger partial charge in [0.15, 0.2) is 10.8 Å². The van der Waals surface area contributed by atoms with Crippen LogP contribution in [-0.4, -0.2) is 10.8 Å². The van der Waals surface area contributed by atoms with E-state index >= 15 is 0 Å². The van der Waals surface area contributed by atoms with Gasteiger partial charge in [-0.05, 0) is 6.92 Å². The molecule has 0 unspecified atom stereocenters. The summed E-state index contributed by atoms with van der Waals surface area (Å²) >= 11 is 1.38. The second-order valence-electron chi connectivity index (χ2n) is 2.29. The van der Waals surface area contributed by atoms with E-state index in [1.165, 1.54) is 18.3 Å². The third-order valence-electron chi connectivity index (χ3n) is 1.38. The highest BCUT2D eigenvalue weighted by Crippen LogP contribution is 2.17. The van der Waals surface area contributed by atoms with Gasteiger partial charge in [0.1, 0.15) is 0 Å². The molecule has 11 heavy (non-hydrogen) atoms. The fraction of sp³-hybridized carbons (Fsp3) is 0.429. The van der Waals surface area contributed by atoms with Crippen LogP contribution in [0.25, 0.3) is 0 Å². The molecule has 60 valence electrons. The largest absolute Gasteiger partial charge is 0.326 e. The topological polar surface area (TPSA) is 56.0 Å². The first kappa shape index (κ1) is 8.36. The Morgan fingerprint density at radius 1 is 1.73 bits per heavy atom. The normalized spacial score (nSPS) is 10.1. The summed E-state index contributed by atoms with van der Waals surface area (Å²) in [6.45, 7) is 3.85. The minimum absolute atomic E-state index is 0.0119. The first-order valence-electron chi connectivity index (χ1n) is 3.32. The van der Waals surface area contributed by atoms with Crippen molar-refractivity contribution in [3.63, 3.8) is 0 Å². The van der Waals surface area contributed by atoms with Crippen molar-refractivity contribution in [1.82, 2.24) is 4.98 Å². The summed E-state index contributed by atoms with van der Waals surface area (Å²) in [5.74, 6) is 0.0119. The van der Waals surface area contributed by atoms with Crippen LogP contribution in [0.3, 0.4) is 0 Å². The van der Waals surface area contributed by atoms with E-state index < -0.39 is 0 Å². The lowest BCUT2D eigenvalue weighted by Crippen LogP contribution is -1.94. The molecule has 1 rings (SSSR count). The lowest BCUT2D eigenvalue weighted by Gasteiger charge is -1.86.